The standard InChI is InChI=1S/C17H17N7O/c1-3-23-11-13(10-19-23)21-17-18-8-12-9-20-24(16(12)22-17)14-4-6-15(25-2)7-5-14/h4-11H,3H2,1-2H3,(H,18,21,22). The molecule has 4 aromatic rings. The Bertz CT molecular complexity index is 1000. The maximum absolute atomic E-state index is 5.20. The molecule has 0 fully saturated rings. The third-order valence-corrected chi connectivity index (χ3v) is 3.84. The van der Waals surface area contributed by atoms with E-state index in [-0.39, 0.29) is 0 Å². The molecule has 0 aliphatic heterocycles. The minimum Gasteiger partial charge on any atom is -0.497 e. The van der Waals surface area contributed by atoms with Crippen molar-refractivity contribution in [3.8, 4) is 11.4 Å². The molecule has 1 N–H and O–H groups in total. The summed E-state index contributed by atoms with van der Waals surface area (Å²) in [6, 6.07) is 7.65. The molecule has 0 saturated heterocycles. The summed E-state index contributed by atoms with van der Waals surface area (Å²) >= 11 is 0. The minimum atomic E-state index is 0.499. The molecule has 3 aromatic heterocycles. The maximum Gasteiger partial charge on any atom is 0.229 e. The molecule has 0 saturated carbocycles. The molecule has 25 heavy (non-hydrogen) atoms. The van der Waals surface area contributed by atoms with Gasteiger partial charge in [-0.05, 0) is 31.2 Å². The largest absolute Gasteiger partial charge is 0.497 e. The number of methoxy groups -OCH3 is 1. The summed E-state index contributed by atoms with van der Waals surface area (Å²) in [4.78, 5) is 8.93. The molecule has 1 aromatic carbocycles. The van der Waals surface area contributed by atoms with Gasteiger partial charge in [-0.3, -0.25) is 4.68 Å². The summed E-state index contributed by atoms with van der Waals surface area (Å²) in [6.45, 7) is 2.85. The fraction of sp³-hybridized carbons (Fsp3) is 0.176. The summed E-state index contributed by atoms with van der Waals surface area (Å²) in [5.74, 6) is 1.29. The second-order valence-corrected chi connectivity index (χ2v) is 5.44. The first-order valence-electron chi connectivity index (χ1n) is 7.91. The van der Waals surface area contributed by atoms with Crippen molar-refractivity contribution >= 4 is 22.7 Å². The van der Waals surface area contributed by atoms with Crippen LogP contribution in [0.2, 0.25) is 0 Å². The topological polar surface area (TPSA) is 82.7 Å². The van der Waals surface area contributed by atoms with Crippen LogP contribution in [0.1, 0.15) is 6.92 Å². The molecule has 0 radical (unpaired) electrons. The molecule has 0 atom stereocenters. The Hall–Kier alpha value is -3.42. The number of ether oxygens (including phenoxy) is 1. The second kappa shape index (κ2) is 6.23. The lowest BCUT2D eigenvalue weighted by Gasteiger charge is -2.06. The Morgan fingerprint density at radius 3 is 2.64 bits per heavy atom. The molecular formula is C17H17N7O. The highest BCUT2D eigenvalue weighted by Crippen LogP contribution is 2.20. The van der Waals surface area contributed by atoms with Gasteiger partial charge in [0.15, 0.2) is 5.65 Å². The average Bonchev–Trinajstić information content (AvgIpc) is 3.28. The van der Waals surface area contributed by atoms with Gasteiger partial charge < -0.3 is 10.1 Å². The minimum absolute atomic E-state index is 0.499. The molecule has 8 heteroatoms. The van der Waals surface area contributed by atoms with E-state index in [4.69, 9.17) is 4.74 Å². The van der Waals surface area contributed by atoms with Gasteiger partial charge >= 0.3 is 0 Å². The van der Waals surface area contributed by atoms with Gasteiger partial charge in [-0.25, -0.2) is 9.67 Å². The average molecular weight is 335 g/mol. The number of anilines is 2. The van der Waals surface area contributed by atoms with Crippen LogP contribution in [0.15, 0.2) is 49.1 Å². The van der Waals surface area contributed by atoms with Crippen molar-refractivity contribution in [1.82, 2.24) is 29.5 Å². The van der Waals surface area contributed by atoms with Gasteiger partial charge in [0.05, 0.1) is 36.3 Å². The van der Waals surface area contributed by atoms with Crippen molar-refractivity contribution in [2.24, 2.45) is 0 Å². The lowest BCUT2D eigenvalue weighted by atomic mass is 10.3. The zero-order valence-corrected chi connectivity index (χ0v) is 13.9. The lowest BCUT2D eigenvalue weighted by molar-refractivity contribution is 0.414. The number of hydrogen-bond donors (Lipinski definition) is 1. The molecule has 0 unspecified atom stereocenters. The van der Waals surface area contributed by atoms with Gasteiger partial charge in [0.2, 0.25) is 5.95 Å². The van der Waals surface area contributed by atoms with E-state index < -0.39 is 0 Å². The number of benzene rings is 1. The van der Waals surface area contributed by atoms with Gasteiger partial charge in [-0.15, -0.1) is 0 Å². The normalized spacial score (nSPS) is 11.0. The molecule has 8 nitrogen and oxygen atoms in total. The van der Waals surface area contributed by atoms with Gasteiger partial charge in [-0.1, -0.05) is 0 Å². The van der Waals surface area contributed by atoms with Gasteiger partial charge in [0, 0.05) is 18.9 Å². The van der Waals surface area contributed by atoms with Crippen LogP contribution in [0.4, 0.5) is 11.6 Å². The molecule has 126 valence electrons. The van der Waals surface area contributed by atoms with Crippen molar-refractivity contribution in [3.63, 3.8) is 0 Å². The van der Waals surface area contributed by atoms with Crippen LogP contribution in [-0.4, -0.2) is 36.6 Å². The van der Waals surface area contributed by atoms with Crippen LogP contribution in [0, 0.1) is 0 Å². The summed E-state index contributed by atoms with van der Waals surface area (Å²) < 4.78 is 8.81. The van der Waals surface area contributed by atoms with Crippen molar-refractivity contribution in [3.05, 3.63) is 49.1 Å². The van der Waals surface area contributed by atoms with Crippen LogP contribution in [0.3, 0.4) is 0 Å². The van der Waals surface area contributed by atoms with Crippen molar-refractivity contribution < 1.29 is 4.74 Å². The monoisotopic (exact) mass is 335 g/mol. The van der Waals surface area contributed by atoms with Crippen molar-refractivity contribution in [1.29, 1.82) is 0 Å². The molecule has 0 spiro atoms. The van der Waals surface area contributed by atoms with Gasteiger partial charge in [-0.2, -0.15) is 15.2 Å². The SMILES string of the molecule is CCn1cc(Nc2ncc3cnn(-c4ccc(OC)cc4)c3n2)cn1. The predicted molar refractivity (Wildman–Crippen MR) is 94.4 cm³/mol. The molecule has 4 rings (SSSR count). The first-order chi connectivity index (χ1) is 12.3. The highest BCUT2D eigenvalue weighted by molar-refractivity contribution is 5.77. The molecule has 0 aliphatic carbocycles. The van der Waals surface area contributed by atoms with Gasteiger partial charge in [0.25, 0.3) is 0 Å². The van der Waals surface area contributed by atoms with Crippen molar-refractivity contribution in [2.45, 2.75) is 13.5 Å². The number of hydrogen-bond acceptors (Lipinski definition) is 6. The van der Waals surface area contributed by atoms with E-state index in [0.717, 1.165) is 34.7 Å². The Kier molecular flexibility index (Phi) is 3.77. The van der Waals surface area contributed by atoms with E-state index in [1.54, 1.807) is 30.4 Å². The van der Waals surface area contributed by atoms with Crippen LogP contribution < -0.4 is 10.1 Å². The summed E-state index contributed by atoms with van der Waals surface area (Å²) in [5, 5.41) is 12.7. The number of nitrogens with zero attached hydrogens (tertiary/aromatic N) is 6. The maximum atomic E-state index is 5.20. The molecule has 0 aliphatic rings. The van der Waals surface area contributed by atoms with E-state index in [1.165, 1.54) is 0 Å². The Balaban J connectivity index is 1.69. The first-order valence-corrected chi connectivity index (χ1v) is 7.91. The zero-order valence-electron chi connectivity index (χ0n) is 13.9. The quantitative estimate of drug-likeness (QED) is 0.604. The van der Waals surface area contributed by atoms with Crippen molar-refractivity contribution in [2.75, 3.05) is 12.4 Å². The summed E-state index contributed by atoms with van der Waals surface area (Å²) in [5.41, 5.74) is 2.47. The third kappa shape index (κ3) is 2.89. The fourth-order valence-corrected chi connectivity index (χ4v) is 2.52. The second-order valence-electron chi connectivity index (χ2n) is 5.44. The van der Waals surface area contributed by atoms with Crippen LogP contribution >= 0.6 is 0 Å². The Morgan fingerprint density at radius 1 is 1.08 bits per heavy atom. The molecular weight excluding hydrogens is 318 g/mol. The first kappa shape index (κ1) is 15.1. The van der Waals surface area contributed by atoms with E-state index in [1.807, 2.05) is 42.1 Å². The summed E-state index contributed by atoms with van der Waals surface area (Å²) in [7, 11) is 1.64. The highest BCUT2D eigenvalue weighted by atomic mass is 16.5. The third-order valence-electron chi connectivity index (χ3n) is 3.84. The Labute approximate surface area is 144 Å². The summed E-state index contributed by atoms with van der Waals surface area (Å²) in [6.07, 6.45) is 7.16. The zero-order chi connectivity index (χ0) is 17.2. The van der Waals surface area contributed by atoms with Gasteiger partial charge in [0.1, 0.15) is 5.75 Å². The number of aromatic nitrogens is 6. The smallest absolute Gasteiger partial charge is 0.229 e. The number of fused-ring (bicyclic) bond motifs is 1. The molecule has 0 amide bonds. The van der Waals surface area contributed by atoms with E-state index in [9.17, 15) is 0 Å². The molecule has 3 heterocycles. The van der Waals surface area contributed by atoms with E-state index in [0.29, 0.717) is 5.95 Å². The van der Waals surface area contributed by atoms with E-state index >= 15 is 0 Å². The van der Waals surface area contributed by atoms with Crippen LogP contribution in [0.5, 0.6) is 5.75 Å². The van der Waals surface area contributed by atoms with Crippen LogP contribution in [0.25, 0.3) is 16.7 Å². The number of nitrogens with one attached hydrogen (secondary N) is 1. The highest BCUT2D eigenvalue weighted by Gasteiger charge is 2.09. The Morgan fingerprint density at radius 2 is 1.92 bits per heavy atom. The fourth-order valence-electron chi connectivity index (χ4n) is 2.52. The lowest BCUT2D eigenvalue weighted by Crippen LogP contribution is -2.01. The number of rotatable bonds is 5. The molecule has 0 bridgehead atoms. The van der Waals surface area contributed by atoms with E-state index in [2.05, 4.69) is 25.5 Å². The predicted octanol–water partition coefficient (Wildman–Crippen LogP) is 2.78. The van der Waals surface area contributed by atoms with Crippen LogP contribution in [-0.2, 0) is 6.54 Å². The number of aryl methyl sites for hydroxylation is 1.